The molecule has 0 spiro atoms. The number of nitrogens with two attached hydrogens (primary N) is 2. The van der Waals surface area contributed by atoms with E-state index >= 15 is 0 Å². The van der Waals surface area contributed by atoms with Crippen molar-refractivity contribution in [1.82, 2.24) is 14.6 Å². The van der Waals surface area contributed by atoms with E-state index in [1.54, 1.807) is 6.20 Å². The molecule has 3 rings (SSSR count). The van der Waals surface area contributed by atoms with Crippen LogP contribution in [0.4, 0.5) is 5.82 Å². The van der Waals surface area contributed by atoms with E-state index in [0.29, 0.717) is 11.5 Å². The zero-order valence-corrected chi connectivity index (χ0v) is 13.3. The van der Waals surface area contributed by atoms with Crippen molar-refractivity contribution < 1.29 is 0 Å². The Morgan fingerprint density at radius 2 is 2.10 bits per heavy atom. The van der Waals surface area contributed by atoms with Gasteiger partial charge in [0, 0.05) is 28.0 Å². The van der Waals surface area contributed by atoms with Gasteiger partial charge in [0.05, 0.1) is 5.52 Å². The lowest BCUT2D eigenvalue weighted by Crippen LogP contribution is -2.15. The van der Waals surface area contributed by atoms with Crippen molar-refractivity contribution >= 4 is 32.7 Å². The first kappa shape index (κ1) is 13.9. The molecule has 0 atom stereocenters. The first-order chi connectivity index (χ1) is 10.1. The Morgan fingerprint density at radius 1 is 1.29 bits per heavy atom. The van der Waals surface area contributed by atoms with Gasteiger partial charge in [-0.2, -0.15) is 0 Å². The summed E-state index contributed by atoms with van der Waals surface area (Å²) in [6, 6.07) is 7.87. The Balaban J connectivity index is 2.26. The number of hydrogen-bond donors (Lipinski definition) is 2. The van der Waals surface area contributed by atoms with Crippen molar-refractivity contribution in [3.63, 3.8) is 0 Å². The maximum Gasteiger partial charge on any atom is 0.150 e. The van der Waals surface area contributed by atoms with Gasteiger partial charge in [-0.3, -0.25) is 4.98 Å². The van der Waals surface area contributed by atoms with Gasteiger partial charge in [0.25, 0.3) is 0 Å². The van der Waals surface area contributed by atoms with Crippen LogP contribution >= 0.6 is 15.9 Å². The van der Waals surface area contributed by atoms with Crippen LogP contribution in [0.15, 0.2) is 34.9 Å². The summed E-state index contributed by atoms with van der Waals surface area (Å²) >= 11 is 3.55. The molecule has 0 aliphatic heterocycles. The molecule has 0 unspecified atom stereocenters. The molecule has 1 aromatic carbocycles. The summed E-state index contributed by atoms with van der Waals surface area (Å²) in [5.41, 5.74) is 8.58. The summed E-state index contributed by atoms with van der Waals surface area (Å²) in [5, 5.41) is 1.03. The third-order valence-corrected chi connectivity index (χ3v) is 4.16. The summed E-state index contributed by atoms with van der Waals surface area (Å²) in [5.74, 6) is 7.25. The number of aromatic nitrogens is 3. The quantitative estimate of drug-likeness (QED) is 0.714. The number of nitrogens with zero attached hydrogens (tertiary/aromatic N) is 3. The van der Waals surface area contributed by atoms with Gasteiger partial charge in [-0.05, 0) is 24.6 Å². The van der Waals surface area contributed by atoms with E-state index in [1.165, 1.54) is 4.68 Å². The van der Waals surface area contributed by atoms with E-state index < -0.39 is 0 Å². The summed E-state index contributed by atoms with van der Waals surface area (Å²) in [4.78, 5) is 9.08. The third kappa shape index (κ3) is 2.25. The molecule has 21 heavy (non-hydrogen) atoms. The lowest BCUT2D eigenvalue weighted by molar-refractivity contribution is 0.794. The van der Waals surface area contributed by atoms with Crippen LogP contribution in [-0.4, -0.2) is 14.6 Å². The fourth-order valence-electron chi connectivity index (χ4n) is 2.42. The summed E-state index contributed by atoms with van der Waals surface area (Å²) < 4.78 is 2.46. The highest BCUT2D eigenvalue weighted by molar-refractivity contribution is 9.10. The smallest absolute Gasteiger partial charge is 0.150 e. The maximum atomic E-state index is 6.13. The minimum absolute atomic E-state index is 0.465. The van der Waals surface area contributed by atoms with E-state index in [4.69, 9.17) is 11.6 Å². The zero-order valence-electron chi connectivity index (χ0n) is 11.7. The fourth-order valence-corrected chi connectivity index (χ4v) is 2.87. The lowest BCUT2D eigenvalue weighted by Gasteiger charge is -2.06. The molecule has 6 heteroatoms. The highest BCUT2D eigenvalue weighted by atomic mass is 79.9. The number of aryl methyl sites for hydroxylation is 1. The second-order valence-corrected chi connectivity index (χ2v) is 5.73. The van der Waals surface area contributed by atoms with Crippen LogP contribution in [0.1, 0.15) is 19.2 Å². The zero-order chi connectivity index (χ0) is 15.0. The third-order valence-electron chi connectivity index (χ3n) is 3.47. The number of fused-ring (bicyclic) bond motifs is 1. The van der Waals surface area contributed by atoms with Crippen molar-refractivity contribution in [3.8, 4) is 11.3 Å². The normalized spacial score (nSPS) is 11.1. The Labute approximate surface area is 131 Å². The molecule has 4 N–H and O–H groups in total. The van der Waals surface area contributed by atoms with Crippen molar-refractivity contribution in [3.05, 3.63) is 40.8 Å². The number of hydrogen-bond acceptors (Lipinski definition) is 4. The molecule has 3 aromatic rings. The molecular weight excluding hydrogens is 330 g/mol. The molecule has 2 heterocycles. The molecular formula is C15H16BrN5. The predicted octanol–water partition coefficient (Wildman–Crippen LogP) is 3.11. The number of rotatable bonds is 3. The molecule has 0 saturated heterocycles. The average molecular weight is 346 g/mol. The number of halogens is 1. The molecule has 108 valence electrons. The summed E-state index contributed by atoms with van der Waals surface area (Å²) in [6.45, 7) is 2.08. The van der Waals surface area contributed by atoms with E-state index in [0.717, 1.165) is 39.6 Å². The Hall–Kier alpha value is -2.08. The van der Waals surface area contributed by atoms with Gasteiger partial charge >= 0.3 is 0 Å². The van der Waals surface area contributed by atoms with Gasteiger partial charge in [0.2, 0.25) is 0 Å². The second kappa shape index (κ2) is 5.37. The molecule has 0 saturated carbocycles. The van der Waals surface area contributed by atoms with Gasteiger partial charge in [0.15, 0.2) is 5.82 Å². The number of nitrogen functional groups attached to an aromatic ring is 2. The predicted molar refractivity (Wildman–Crippen MR) is 89.2 cm³/mol. The molecule has 0 amide bonds. The van der Waals surface area contributed by atoms with Gasteiger partial charge in [0.1, 0.15) is 11.5 Å². The molecule has 0 fully saturated rings. The SMILES string of the molecule is CCCc1nc(-c2ccc(Br)c3cccnc23)c(N)n1N. The highest BCUT2D eigenvalue weighted by Gasteiger charge is 2.17. The minimum atomic E-state index is 0.465. The van der Waals surface area contributed by atoms with Crippen molar-refractivity contribution in [2.75, 3.05) is 11.6 Å². The van der Waals surface area contributed by atoms with Crippen molar-refractivity contribution in [1.29, 1.82) is 0 Å². The molecule has 0 aliphatic carbocycles. The van der Waals surface area contributed by atoms with Gasteiger partial charge in [-0.15, -0.1) is 0 Å². The van der Waals surface area contributed by atoms with Crippen LogP contribution in [0.25, 0.3) is 22.2 Å². The number of anilines is 1. The number of benzene rings is 1. The minimum Gasteiger partial charge on any atom is -0.382 e. The van der Waals surface area contributed by atoms with E-state index in [-0.39, 0.29) is 0 Å². The molecule has 0 bridgehead atoms. The number of imidazole rings is 1. The summed E-state index contributed by atoms with van der Waals surface area (Å²) in [7, 11) is 0. The fraction of sp³-hybridized carbons (Fsp3) is 0.200. The number of pyridine rings is 1. The molecule has 0 aliphatic rings. The van der Waals surface area contributed by atoms with Crippen LogP contribution in [-0.2, 0) is 6.42 Å². The van der Waals surface area contributed by atoms with E-state index in [2.05, 4.69) is 32.8 Å². The Kier molecular flexibility index (Phi) is 3.55. The largest absolute Gasteiger partial charge is 0.382 e. The Morgan fingerprint density at radius 3 is 2.86 bits per heavy atom. The van der Waals surface area contributed by atoms with Crippen LogP contribution in [0.3, 0.4) is 0 Å². The van der Waals surface area contributed by atoms with Crippen LogP contribution in [0, 0.1) is 0 Å². The topological polar surface area (TPSA) is 82.8 Å². The van der Waals surface area contributed by atoms with Crippen LogP contribution in [0.2, 0.25) is 0 Å². The maximum absolute atomic E-state index is 6.13. The van der Waals surface area contributed by atoms with Gasteiger partial charge in [-0.1, -0.05) is 28.9 Å². The van der Waals surface area contributed by atoms with Crippen molar-refractivity contribution in [2.24, 2.45) is 0 Å². The van der Waals surface area contributed by atoms with Crippen LogP contribution < -0.4 is 11.6 Å². The molecule has 5 nitrogen and oxygen atoms in total. The van der Waals surface area contributed by atoms with Crippen molar-refractivity contribution in [2.45, 2.75) is 19.8 Å². The van der Waals surface area contributed by atoms with E-state index in [1.807, 2.05) is 24.3 Å². The van der Waals surface area contributed by atoms with Crippen LogP contribution in [0.5, 0.6) is 0 Å². The molecule has 0 radical (unpaired) electrons. The Bertz CT molecular complexity index is 809. The standard InChI is InChI=1S/C15H16BrN5/c1-2-4-12-20-14(15(17)21(12)18)10-6-7-11(16)9-5-3-8-19-13(9)10/h3,5-8H,2,4,17-18H2,1H3. The molecule has 2 aromatic heterocycles. The average Bonchev–Trinajstić information content (AvgIpc) is 2.77. The highest BCUT2D eigenvalue weighted by Crippen LogP contribution is 2.34. The summed E-state index contributed by atoms with van der Waals surface area (Å²) in [6.07, 6.45) is 3.52. The van der Waals surface area contributed by atoms with Gasteiger partial charge in [-0.25, -0.2) is 9.66 Å². The first-order valence-corrected chi connectivity index (χ1v) is 7.58. The lowest BCUT2D eigenvalue weighted by atomic mass is 10.1. The second-order valence-electron chi connectivity index (χ2n) is 4.88. The first-order valence-electron chi connectivity index (χ1n) is 6.79. The van der Waals surface area contributed by atoms with E-state index in [9.17, 15) is 0 Å². The monoisotopic (exact) mass is 345 g/mol. The van der Waals surface area contributed by atoms with Gasteiger partial charge < -0.3 is 11.6 Å².